The maximum atomic E-state index is 13.7. The van der Waals surface area contributed by atoms with Crippen LogP contribution in [0.2, 0.25) is 0 Å². The predicted octanol–water partition coefficient (Wildman–Crippen LogP) is 6.96. The lowest BCUT2D eigenvalue weighted by Crippen LogP contribution is -2.49. The average Bonchev–Trinajstić information content (AvgIpc) is 3.28. The van der Waals surface area contributed by atoms with E-state index in [2.05, 4.69) is 46.0 Å². The van der Waals surface area contributed by atoms with Crippen LogP contribution in [0.15, 0.2) is 17.3 Å². The summed E-state index contributed by atoms with van der Waals surface area (Å²) >= 11 is 1.69. The molecule has 3 saturated carbocycles. The number of hydrogen-bond acceptors (Lipinski definition) is 3. The van der Waals surface area contributed by atoms with Crippen molar-refractivity contribution in [1.29, 1.82) is 0 Å². The van der Waals surface area contributed by atoms with Crippen LogP contribution in [0.1, 0.15) is 79.6 Å². The van der Waals surface area contributed by atoms with Crippen molar-refractivity contribution in [3.05, 3.63) is 12.4 Å². The lowest BCUT2D eigenvalue weighted by molar-refractivity contribution is -0.132. The van der Waals surface area contributed by atoms with Crippen LogP contribution in [0.4, 0.5) is 0 Å². The molecule has 4 heteroatoms. The SMILES string of the molecule is CCCC1C(CC)CCC2C1CCC1(C)C(C(=O)Cn3cc(SC)cn3)C(C)[C@@H](C)C21. The molecular weight excluding hydrogens is 400 g/mol. The number of Topliss-reactive ketones (excluding diaryl/α,β-unsaturated/α-hetero) is 1. The molecule has 0 amide bonds. The van der Waals surface area contributed by atoms with E-state index >= 15 is 0 Å². The summed E-state index contributed by atoms with van der Waals surface area (Å²) in [6, 6.07) is 0. The van der Waals surface area contributed by atoms with E-state index in [1.165, 1.54) is 44.9 Å². The van der Waals surface area contributed by atoms with E-state index in [-0.39, 0.29) is 11.3 Å². The minimum atomic E-state index is 0.169. The van der Waals surface area contributed by atoms with E-state index in [0.717, 1.165) is 28.6 Å². The topological polar surface area (TPSA) is 34.9 Å². The monoisotopic (exact) mass is 444 g/mol. The number of aromatic nitrogens is 2. The Balaban J connectivity index is 1.58. The van der Waals surface area contributed by atoms with Crippen molar-refractivity contribution in [2.45, 2.75) is 91.0 Å². The molecule has 8 unspecified atom stereocenters. The molecule has 3 nitrogen and oxygen atoms in total. The fraction of sp³-hybridized carbons (Fsp3) is 0.852. The predicted molar refractivity (Wildman–Crippen MR) is 130 cm³/mol. The first-order valence-electron chi connectivity index (χ1n) is 12.9. The Bertz CT molecular complexity index is 775. The summed E-state index contributed by atoms with van der Waals surface area (Å²) in [6.45, 7) is 12.6. The van der Waals surface area contributed by atoms with Crippen LogP contribution in [0, 0.1) is 52.8 Å². The second kappa shape index (κ2) is 9.23. The van der Waals surface area contributed by atoms with Gasteiger partial charge in [-0.25, -0.2) is 0 Å². The van der Waals surface area contributed by atoms with Gasteiger partial charge in [0.25, 0.3) is 0 Å². The number of carbonyl (C=O) groups excluding carboxylic acids is 1. The molecule has 9 atom stereocenters. The van der Waals surface area contributed by atoms with Crippen LogP contribution >= 0.6 is 11.8 Å². The maximum Gasteiger partial charge on any atom is 0.158 e. The van der Waals surface area contributed by atoms with Crippen molar-refractivity contribution in [1.82, 2.24) is 9.78 Å². The van der Waals surface area contributed by atoms with E-state index in [1.54, 1.807) is 11.8 Å². The normalized spacial score (nSPS) is 42.3. The summed E-state index contributed by atoms with van der Waals surface area (Å²) in [5.74, 6) is 6.03. The number of ketones is 1. The highest BCUT2D eigenvalue weighted by Crippen LogP contribution is 2.67. The Kier molecular flexibility index (Phi) is 6.97. The molecule has 0 aliphatic heterocycles. The Labute approximate surface area is 194 Å². The third-order valence-corrected chi connectivity index (χ3v) is 10.8. The van der Waals surface area contributed by atoms with Crippen molar-refractivity contribution in [3.8, 4) is 0 Å². The average molecular weight is 445 g/mol. The van der Waals surface area contributed by atoms with Crippen molar-refractivity contribution >= 4 is 17.5 Å². The molecule has 0 spiro atoms. The first-order chi connectivity index (χ1) is 14.8. The Morgan fingerprint density at radius 2 is 1.97 bits per heavy atom. The number of carbonyl (C=O) groups is 1. The van der Waals surface area contributed by atoms with Crippen LogP contribution in [0.25, 0.3) is 0 Å². The van der Waals surface area contributed by atoms with Gasteiger partial charge >= 0.3 is 0 Å². The molecule has 0 bridgehead atoms. The van der Waals surface area contributed by atoms with Crippen LogP contribution in [0.3, 0.4) is 0 Å². The molecule has 0 N–H and O–H groups in total. The molecular formula is C27H44N2OS. The molecule has 3 aliphatic rings. The molecule has 31 heavy (non-hydrogen) atoms. The van der Waals surface area contributed by atoms with Gasteiger partial charge in [0, 0.05) is 17.0 Å². The number of hydrogen-bond donors (Lipinski definition) is 0. The molecule has 1 aromatic rings. The molecule has 0 saturated heterocycles. The largest absolute Gasteiger partial charge is 0.297 e. The standard InChI is InChI=1S/C27H44N2OS/c1-7-9-21-19(8-2)10-11-23-22(21)12-13-27(5)25(23)17(3)18(4)26(27)24(30)16-29-15-20(31-6)14-28-29/h14-15,17-19,21-23,25-26H,7-13,16H2,1-6H3/t17-,18?,19?,21?,22?,23?,25?,26?,27?/m1/s1. The second-order valence-corrected chi connectivity index (χ2v) is 12.2. The number of nitrogens with zero attached hydrogens (tertiary/aromatic N) is 2. The number of rotatable bonds is 7. The van der Waals surface area contributed by atoms with Crippen molar-refractivity contribution in [2.24, 2.45) is 52.8 Å². The van der Waals surface area contributed by atoms with Crippen LogP contribution < -0.4 is 0 Å². The first-order valence-corrected chi connectivity index (χ1v) is 14.2. The number of fused-ring (bicyclic) bond motifs is 3. The fourth-order valence-corrected chi connectivity index (χ4v) is 9.22. The maximum absolute atomic E-state index is 13.7. The minimum absolute atomic E-state index is 0.169. The van der Waals surface area contributed by atoms with E-state index in [4.69, 9.17) is 0 Å². The van der Waals surface area contributed by atoms with Gasteiger partial charge in [-0.3, -0.25) is 9.48 Å². The minimum Gasteiger partial charge on any atom is -0.297 e. The summed E-state index contributed by atoms with van der Waals surface area (Å²) in [5, 5.41) is 4.46. The van der Waals surface area contributed by atoms with Crippen LogP contribution in [0.5, 0.6) is 0 Å². The quantitative estimate of drug-likeness (QED) is 0.426. The van der Waals surface area contributed by atoms with Gasteiger partial charge in [0.1, 0.15) is 0 Å². The lowest BCUT2D eigenvalue weighted by Gasteiger charge is -2.55. The van der Waals surface area contributed by atoms with Crippen LogP contribution in [-0.4, -0.2) is 21.8 Å². The van der Waals surface area contributed by atoms with E-state index in [9.17, 15) is 4.79 Å². The molecule has 0 radical (unpaired) electrons. The van der Waals surface area contributed by atoms with E-state index in [0.29, 0.717) is 30.1 Å². The van der Waals surface area contributed by atoms with Crippen LogP contribution in [-0.2, 0) is 11.3 Å². The third-order valence-electron chi connectivity index (χ3n) is 10.1. The summed E-state index contributed by atoms with van der Waals surface area (Å²) < 4.78 is 1.87. The van der Waals surface area contributed by atoms with Gasteiger partial charge in [0.15, 0.2) is 5.78 Å². The summed E-state index contributed by atoms with van der Waals surface area (Å²) in [7, 11) is 0. The summed E-state index contributed by atoms with van der Waals surface area (Å²) in [6.07, 6.45) is 15.5. The van der Waals surface area contributed by atoms with Gasteiger partial charge in [-0.1, -0.05) is 53.9 Å². The highest BCUT2D eigenvalue weighted by molar-refractivity contribution is 7.98. The van der Waals surface area contributed by atoms with Gasteiger partial charge in [0.05, 0.1) is 12.7 Å². The highest BCUT2D eigenvalue weighted by Gasteiger charge is 2.62. The van der Waals surface area contributed by atoms with E-state index in [1.807, 2.05) is 17.1 Å². The smallest absolute Gasteiger partial charge is 0.158 e. The Morgan fingerprint density at radius 1 is 1.19 bits per heavy atom. The number of thioether (sulfide) groups is 1. The zero-order valence-corrected chi connectivity index (χ0v) is 21.5. The van der Waals surface area contributed by atoms with Gasteiger partial charge in [-0.05, 0) is 78.8 Å². The van der Waals surface area contributed by atoms with E-state index < -0.39 is 0 Å². The van der Waals surface area contributed by atoms with Gasteiger partial charge in [-0.2, -0.15) is 5.10 Å². The molecule has 3 aliphatic carbocycles. The van der Waals surface area contributed by atoms with Crippen molar-refractivity contribution in [3.63, 3.8) is 0 Å². The lowest BCUT2D eigenvalue weighted by atomic mass is 9.49. The zero-order chi connectivity index (χ0) is 22.3. The Morgan fingerprint density at radius 3 is 2.61 bits per heavy atom. The van der Waals surface area contributed by atoms with Gasteiger partial charge in [0.2, 0.25) is 0 Å². The summed E-state index contributed by atoms with van der Waals surface area (Å²) in [4.78, 5) is 14.8. The van der Waals surface area contributed by atoms with Gasteiger partial charge in [-0.15, -0.1) is 11.8 Å². The highest BCUT2D eigenvalue weighted by atomic mass is 32.2. The second-order valence-electron chi connectivity index (χ2n) is 11.3. The molecule has 3 fully saturated rings. The molecule has 1 heterocycles. The molecule has 0 aromatic carbocycles. The van der Waals surface area contributed by atoms with Crippen molar-refractivity contribution < 1.29 is 4.79 Å². The zero-order valence-electron chi connectivity index (χ0n) is 20.6. The first kappa shape index (κ1) is 23.4. The molecule has 174 valence electrons. The Hall–Kier alpha value is -0.770. The third kappa shape index (κ3) is 3.93. The van der Waals surface area contributed by atoms with Crippen molar-refractivity contribution in [2.75, 3.05) is 6.26 Å². The summed E-state index contributed by atoms with van der Waals surface area (Å²) in [5.41, 5.74) is 0.169. The molecule has 1 aromatic heterocycles. The van der Waals surface area contributed by atoms with Gasteiger partial charge < -0.3 is 0 Å². The molecule has 4 rings (SSSR count). The fourth-order valence-electron chi connectivity index (χ4n) is 8.84.